The Morgan fingerprint density at radius 2 is 0.667 bits per heavy atom. The number of fused-ring (bicyclic) bond motifs is 8. The van der Waals surface area contributed by atoms with Crippen LogP contribution in [0.1, 0.15) is 50.5 Å². The van der Waals surface area contributed by atoms with Crippen molar-refractivity contribution in [3.8, 4) is 90.6 Å². The molecule has 14 nitrogen and oxygen atoms in total. The molecule has 1 saturated heterocycles. The van der Waals surface area contributed by atoms with Crippen molar-refractivity contribution in [2.45, 2.75) is 66.6 Å². The zero-order chi connectivity index (χ0) is 78.8. The van der Waals surface area contributed by atoms with Gasteiger partial charge in [0.25, 0.3) is 0 Å². The van der Waals surface area contributed by atoms with Crippen LogP contribution in [0, 0.1) is 27.7 Å². The van der Waals surface area contributed by atoms with E-state index < -0.39 is 7.12 Å². The van der Waals surface area contributed by atoms with Crippen LogP contribution in [-0.2, 0) is 9.31 Å². The number of aryl methyl sites for hydroxylation is 4. The fourth-order valence-electron chi connectivity index (χ4n) is 14.0. The largest absolute Gasteiger partial charge is 0.494 e. The van der Waals surface area contributed by atoms with Crippen molar-refractivity contribution in [3.05, 3.63) is 336 Å². The number of hydrogen-bond acceptors (Lipinski definition) is 14. The molecule has 1 aliphatic heterocycles. The van der Waals surface area contributed by atoms with E-state index in [1.807, 2.05) is 240 Å². The Balaban J connectivity index is 0.000000127. The van der Waals surface area contributed by atoms with Crippen molar-refractivity contribution in [1.82, 2.24) is 49.8 Å². The number of benzene rings is 14. The summed E-state index contributed by atoms with van der Waals surface area (Å²) >= 11 is 9.69. The Bertz CT molecular complexity index is 6500. The molecule has 0 unspecified atom stereocenters. The third kappa shape index (κ3) is 16.2. The van der Waals surface area contributed by atoms with E-state index in [0.717, 1.165) is 132 Å². The molecule has 0 saturated carbocycles. The summed E-state index contributed by atoms with van der Waals surface area (Å²) in [5.41, 5.74) is 18.0. The minimum absolute atomic E-state index is 0.332. The topological polar surface area (TPSA) is 188 Å². The lowest BCUT2D eigenvalue weighted by Crippen LogP contribution is -2.41. The molecule has 0 atom stereocenters. The first-order valence-corrected chi connectivity index (χ1v) is 38.8. The van der Waals surface area contributed by atoms with Crippen molar-refractivity contribution in [1.29, 1.82) is 0 Å². The molecule has 0 spiro atoms. The molecule has 0 bridgehead atoms. The summed E-state index contributed by atoms with van der Waals surface area (Å²) in [5.74, 6) is 3.71. The summed E-state index contributed by atoms with van der Waals surface area (Å²) < 4.78 is 13.0. The lowest BCUT2D eigenvalue weighted by atomic mass is 9.76. The molecule has 18 heteroatoms. The molecule has 1 aliphatic rings. The summed E-state index contributed by atoms with van der Waals surface area (Å²) in [6, 6.07) is 102. The third-order valence-electron chi connectivity index (χ3n) is 20.9. The summed E-state index contributed by atoms with van der Waals surface area (Å²) in [7, 11) is -1.80. The normalized spacial score (nSPS) is 12.8. The molecule has 0 aliphatic carbocycles. The summed E-state index contributed by atoms with van der Waals surface area (Å²) in [6.45, 7) is 16.2. The SMILES string of the molecule is Cc1nc2ccc(-c3cc(-c4nc(-c5ccccc5)nc(-c5ccccc5)n4)cc(-c4cc5ccccc5c5ccccc45)c3)cc2nc1C.Cc1nc2ccc(B3OC(C)(C)C(C)(C)O3)cc2nc1C.Clc1cc(Br)cc(-c2nc(-c3ccccc3)nc(-c3ccccc3)n2)c1.OB(O)c1cc2ccccc2c2ccccc12. The number of nitrogens with zero attached hydrogens (tertiary/aromatic N) is 10. The quantitative estimate of drug-likeness (QED) is 0.0972. The summed E-state index contributed by atoms with van der Waals surface area (Å²) in [5, 5.41) is 28.4. The van der Waals surface area contributed by atoms with Crippen molar-refractivity contribution >= 4 is 118 Å². The van der Waals surface area contributed by atoms with Crippen molar-refractivity contribution in [2.75, 3.05) is 0 Å². The Morgan fingerprint density at radius 3 is 1.13 bits per heavy atom. The highest BCUT2D eigenvalue weighted by Gasteiger charge is 2.51. The van der Waals surface area contributed by atoms with Crippen LogP contribution in [0.2, 0.25) is 5.02 Å². The van der Waals surface area contributed by atoms with Gasteiger partial charge < -0.3 is 19.4 Å². The lowest BCUT2D eigenvalue weighted by Gasteiger charge is -2.32. The third-order valence-corrected chi connectivity index (χ3v) is 21.6. The number of halogens is 2. The van der Waals surface area contributed by atoms with Gasteiger partial charge in [0.1, 0.15) is 0 Å². The maximum Gasteiger partial charge on any atom is 0.494 e. The second kappa shape index (κ2) is 32.3. The first-order valence-electron chi connectivity index (χ1n) is 37.6. The second-order valence-electron chi connectivity index (χ2n) is 29.2. The molecule has 18 aromatic rings. The molecule has 2 N–H and O–H groups in total. The van der Waals surface area contributed by atoms with Crippen LogP contribution in [0.3, 0.4) is 0 Å². The highest BCUT2D eigenvalue weighted by Crippen LogP contribution is 2.41. The summed E-state index contributed by atoms with van der Waals surface area (Å²) in [6.07, 6.45) is 0. The van der Waals surface area contributed by atoms with Crippen LogP contribution >= 0.6 is 27.5 Å². The second-order valence-corrected chi connectivity index (χ2v) is 30.5. The van der Waals surface area contributed by atoms with E-state index >= 15 is 0 Å². The van der Waals surface area contributed by atoms with Crippen LogP contribution in [-0.4, -0.2) is 85.3 Å². The fraction of sp³-hybridized carbons (Fsp3) is 0.104. The number of rotatable bonds is 10. The Kier molecular flexibility index (Phi) is 21.4. The molecule has 4 aromatic heterocycles. The number of aromatic nitrogens is 10. The lowest BCUT2D eigenvalue weighted by molar-refractivity contribution is 0.00578. The smallest absolute Gasteiger partial charge is 0.423 e. The van der Waals surface area contributed by atoms with Crippen LogP contribution in [0.25, 0.3) is 156 Å². The van der Waals surface area contributed by atoms with E-state index in [-0.39, 0.29) is 18.3 Å². The molecule has 0 radical (unpaired) electrons. The van der Waals surface area contributed by atoms with E-state index in [4.69, 9.17) is 45.8 Å². The Morgan fingerprint density at radius 1 is 0.307 bits per heavy atom. The van der Waals surface area contributed by atoms with Crippen molar-refractivity contribution in [2.24, 2.45) is 0 Å². The fourth-order valence-corrected chi connectivity index (χ4v) is 14.9. The van der Waals surface area contributed by atoms with Crippen molar-refractivity contribution in [3.63, 3.8) is 0 Å². The van der Waals surface area contributed by atoms with Gasteiger partial charge >= 0.3 is 14.2 Å². The van der Waals surface area contributed by atoms with Crippen LogP contribution in [0.4, 0.5) is 0 Å². The predicted molar refractivity (Wildman–Crippen MR) is 469 cm³/mol. The maximum atomic E-state index is 9.44. The van der Waals surface area contributed by atoms with E-state index in [1.54, 1.807) is 0 Å². The van der Waals surface area contributed by atoms with Crippen molar-refractivity contribution < 1.29 is 19.4 Å². The van der Waals surface area contributed by atoms with Gasteiger partial charge in [0.2, 0.25) is 0 Å². The van der Waals surface area contributed by atoms with E-state index in [0.29, 0.717) is 45.4 Å². The molecule has 114 heavy (non-hydrogen) atoms. The monoisotopic (exact) mass is 1570 g/mol. The van der Waals surface area contributed by atoms with Crippen LogP contribution < -0.4 is 10.9 Å². The van der Waals surface area contributed by atoms with Gasteiger partial charge in [-0.05, 0) is 198 Å². The molecule has 1 fully saturated rings. The Hall–Kier alpha value is -12.4. The average molecular weight is 1570 g/mol. The van der Waals surface area contributed by atoms with Gasteiger partial charge in [-0.1, -0.05) is 264 Å². The molecule has 0 amide bonds. The van der Waals surface area contributed by atoms with Gasteiger partial charge in [-0.25, -0.2) is 49.8 Å². The van der Waals surface area contributed by atoms with Crippen LogP contribution in [0.5, 0.6) is 0 Å². The highest BCUT2D eigenvalue weighted by molar-refractivity contribution is 9.10. The molecule has 14 aromatic carbocycles. The van der Waals surface area contributed by atoms with Gasteiger partial charge in [-0.15, -0.1) is 0 Å². The molecule has 19 rings (SSSR count). The zero-order valence-electron chi connectivity index (χ0n) is 64.0. The van der Waals surface area contributed by atoms with Gasteiger partial charge in [0.05, 0.1) is 56.0 Å². The zero-order valence-corrected chi connectivity index (χ0v) is 66.3. The van der Waals surface area contributed by atoms with E-state index in [1.165, 1.54) is 21.5 Å². The van der Waals surface area contributed by atoms with E-state index in [9.17, 15) is 10.0 Å². The van der Waals surface area contributed by atoms with Gasteiger partial charge in [0, 0.05) is 42.9 Å². The van der Waals surface area contributed by atoms with Gasteiger partial charge in [-0.3, -0.25) is 0 Å². The minimum Gasteiger partial charge on any atom is -0.423 e. The molecular weight excluding hydrogens is 1490 g/mol. The molecule has 554 valence electrons. The van der Waals surface area contributed by atoms with Gasteiger partial charge in [-0.2, -0.15) is 0 Å². The standard InChI is InChI=1S/C45H31N5.C21H13BrClN3.C16H21BN2O2.C14H11BO2/c1-28-29(2)47-42-27-32(21-22-41(42)46-28)34-23-35(40-26-33-17-9-10-18-37(33)38-19-11-12-20-39(38)40)25-36(24-34)45-49-43(30-13-5-3-6-14-30)48-44(50-45)31-15-7-4-8-16-31;22-17-11-16(12-18(23)13-17)21-25-19(14-7-3-1-4-8-14)24-20(26-21)15-9-5-2-6-10-15;1-10-11(2)19-14-9-12(7-8-13(14)18-10)17-20-15(3,4)16(5,6)21-17;16-15(17)14-9-10-5-1-2-6-11(10)12-7-3-4-8-13(12)14/h3-27H,1-2H3;1-13H;7-9H,1-6H3;1-9,16-17H. The molecule has 5 heterocycles. The van der Waals surface area contributed by atoms with E-state index in [2.05, 4.69) is 160 Å². The minimum atomic E-state index is -1.44. The average Bonchev–Trinajstić information content (AvgIpc) is 1.56. The predicted octanol–water partition coefficient (Wildman–Crippen LogP) is 21.6. The summed E-state index contributed by atoms with van der Waals surface area (Å²) in [4.78, 5) is 48.0. The highest BCUT2D eigenvalue weighted by atomic mass is 79.9. The van der Waals surface area contributed by atoms with Crippen LogP contribution in [0.15, 0.2) is 308 Å². The Labute approximate surface area is 675 Å². The first kappa shape index (κ1) is 75.6. The van der Waals surface area contributed by atoms with Gasteiger partial charge in [0.15, 0.2) is 34.9 Å². The first-order chi connectivity index (χ1) is 55.2. The molecular formula is C96H76B2BrClN10O4. The maximum absolute atomic E-state index is 9.44. The number of hydrogen-bond donors (Lipinski definition) is 2.